The van der Waals surface area contributed by atoms with Crippen LogP contribution in [0.2, 0.25) is 0 Å². The van der Waals surface area contributed by atoms with E-state index in [2.05, 4.69) is 27.4 Å². The SMILES string of the molecule is C=C(C)[C@](C)(O)CC.CC.CC(F)S(C)(=O)=O.CCC1(C(C)C(C)Cc2cccc(-c3cc(F)cc(F)c3)c2F)CC1. The van der Waals surface area contributed by atoms with Crippen molar-refractivity contribution in [3.63, 3.8) is 0 Å². The van der Waals surface area contributed by atoms with Gasteiger partial charge in [0.15, 0.2) is 15.3 Å². The summed E-state index contributed by atoms with van der Waals surface area (Å²) >= 11 is 0. The maximum Gasteiger partial charge on any atom is 0.197 e. The van der Waals surface area contributed by atoms with E-state index in [-0.39, 0.29) is 16.9 Å². The molecule has 4 atom stereocenters. The summed E-state index contributed by atoms with van der Waals surface area (Å²) in [6.45, 7) is 20.9. The Morgan fingerprint density at radius 3 is 1.86 bits per heavy atom. The lowest BCUT2D eigenvalue weighted by molar-refractivity contribution is 0.0951. The second-order valence-electron chi connectivity index (χ2n) is 11.4. The zero-order valence-electron chi connectivity index (χ0n) is 27.1. The van der Waals surface area contributed by atoms with Gasteiger partial charge in [0.05, 0.1) is 5.60 Å². The molecule has 8 heteroatoms. The van der Waals surface area contributed by atoms with Crippen LogP contribution >= 0.6 is 0 Å². The van der Waals surface area contributed by atoms with Gasteiger partial charge in [0.2, 0.25) is 0 Å². The lowest BCUT2D eigenvalue weighted by Gasteiger charge is -2.28. The summed E-state index contributed by atoms with van der Waals surface area (Å²) < 4.78 is 73.5. The third-order valence-electron chi connectivity index (χ3n) is 8.41. The number of aliphatic hydroxyl groups is 1. The van der Waals surface area contributed by atoms with E-state index in [1.165, 1.54) is 31.4 Å². The van der Waals surface area contributed by atoms with Crippen LogP contribution in [-0.4, -0.2) is 30.9 Å². The summed E-state index contributed by atoms with van der Waals surface area (Å²) in [5, 5.41) is 9.30. The first-order valence-electron chi connectivity index (χ1n) is 14.8. The molecule has 3 unspecified atom stereocenters. The minimum absolute atomic E-state index is 0.241. The van der Waals surface area contributed by atoms with Crippen molar-refractivity contribution in [3.05, 3.63) is 71.6 Å². The highest BCUT2D eigenvalue weighted by Gasteiger charge is 2.47. The molecule has 42 heavy (non-hydrogen) atoms. The van der Waals surface area contributed by atoms with Crippen molar-refractivity contribution in [1.82, 2.24) is 0 Å². The quantitative estimate of drug-likeness (QED) is 0.225. The van der Waals surface area contributed by atoms with Crippen molar-refractivity contribution in [1.29, 1.82) is 0 Å². The van der Waals surface area contributed by atoms with Gasteiger partial charge in [-0.2, -0.15) is 0 Å². The summed E-state index contributed by atoms with van der Waals surface area (Å²) in [5.74, 6) is -0.864. The molecule has 3 rings (SSSR count). The molecule has 1 saturated carbocycles. The Labute approximate surface area is 252 Å². The third kappa shape index (κ3) is 12.2. The number of sulfone groups is 1. The van der Waals surface area contributed by atoms with E-state index in [1.807, 2.05) is 27.7 Å². The molecule has 2 aromatic carbocycles. The minimum Gasteiger partial charge on any atom is -0.386 e. The third-order valence-corrected chi connectivity index (χ3v) is 9.59. The lowest BCUT2D eigenvalue weighted by Crippen LogP contribution is -2.23. The molecule has 0 radical (unpaired) electrons. The van der Waals surface area contributed by atoms with Crippen LogP contribution in [-0.2, 0) is 16.3 Å². The van der Waals surface area contributed by atoms with Gasteiger partial charge in [-0.15, -0.1) is 0 Å². The first-order valence-corrected chi connectivity index (χ1v) is 16.7. The van der Waals surface area contributed by atoms with Gasteiger partial charge in [-0.05, 0) is 92.5 Å². The van der Waals surface area contributed by atoms with E-state index in [0.717, 1.165) is 31.2 Å². The van der Waals surface area contributed by atoms with Crippen molar-refractivity contribution in [2.24, 2.45) is 17.3 Å². The van der Waals surface area contributed by atoms with Gasteiger partial charge in [-0.1, -0.05) is 72.7 Å². The highest BCUT2D eigenvalue weighted by molar-refractivity contribution is 7.91. The molecule has 0 aromatic heterocycles. The first kappa shape index (κ1) is 39.8. The largest absolute Gasteiger partial charge is 0.386 e. The summed E-state index contributed by atoms with van der Waals surface area (Å²) in [6.07, 6.45) is 5.93. The number of rotatable bonds is 9. The monoisotopic (exact) mass is 616 g/mol. The van der Waals surface area contributed by atoms with Gasteiger partial charge in [-0.3, -0.25) is 0 Å². The molecule has 0 amide bonds. The number of halogens is 4. The maximum absolute atomic E-state index is 15.0. The Bertz CT molecular complexity index is 1220. The Hall–Kier alpha value is -2.19. The maximum atomic E-state index is 15.0. The summed E-state index contributed by atoms with van der Waals surface area (Å²) in [6, 6.07) is 8.27. The molecule has 240 valence electrons. The van der Waals surface area contributed by atoms with E-state index >= 15 is 0 Å². The number of alkyl halides is 1. The van der Waals surface area contributed by atoms with Crippen molar-refractivity contribution in [2.45, 2.75) is 106 Å². The van der Waals surface area contributed by atoms with Crippen molar-refractivity contribution < 1.29 is 31.1 Å². The standard InChI is InChI=1S/C22H25F3.C7H14O.C3H7FO2S.C2H6/c1-4-22(8-9-22)15(3)14(2)10-16-6-5-7-20(21(16)25)17-11-18(23)13-19(24)12-17;1-5-7(4,8)6(2)3;1-3(4)7(2,5)6;1-2/h5-7,11-15H,4,8-10H2,1-3H3;8H,2,5H2,1,3-4H3;3H,1-2H3;1-2H3/t;7-;;/m.1../s1. The molecular formula is C34H52F4O3S. The molecule has 1 fully saturated rings. The molecule has 0 aliphatic heterocycles. The zero-order chi connectivity index (χ0) is 33.1. The van der Waals surface area contributed by atoms with Crippen LogP contribution in [0.1, 0.15) is 93.6 Å². The van der Waals surface area contributed by atoms with E-state index in [9.17, 15) is 31.1 Å². The lowest BCUT2D eigenvalue weighted by atomic mass is 9.77. The van der Waals surface area contributed by atoms with Gasteiger partial charge in [0.25, 0.3) is 0 Å². The molecule has 0 bridgehead atoms. The molecule has 1 aliphatic rings. The van der Waals surface area contributed by atoms with Crippen LogP contribution < -0.4 is 0 Å². The van der Waals surface area contributed by atoms with Crippen LogP contribution in [0.25, 0.3) is 11.1 Å². The van der Waals surface area contributed by atoms with E-state index in [0.29, 0.717) is 29.2 Å². The number of benzene rings is 2. The minimum atomic E-state index is -3.41. The topological polar surface area (TPSA) is 54.4 Å². The molecule has 0 spiro atoms. The second-order valence-corrected chi connectivity index (χ2v) is 13.7. The van der Waals surface area contributed by atoms with Crippen LogP contribution in [0.5, 0.6) is 0 Å². The highest BCUT2D eigenvalue weighted by Crippen LogP contribution is 2.57. The Balaban J connectivity index is 0.000000816. The molecule has 3 nitrogen and oxygen atoms in total. The summed E-state index contributed by atoms with van der Waals surface area (Å²) in [5.41, 5.74) is -0.00259. The van der Waals surface area contributed by atoms with Crippen LogP contribution in [0.15, 0.2) is 48.6 Å². The number of hydrogen-bond donors (Lipinski definition) is 1. The predicted molar refractivity (Wildman–Crippen MR) is 168 cm³/mol. The van der Waals surface area contributed by atoms with Gasteiger partial charge < -0.3 is 5.11 Å². The Morgan fingerprint density at radius 2 is 1.52 bits per heavy atom. The Kier molecular flexibility index (Phi) is 16.3. The van der Waals surface area contributed by atoms with E-state index in [1.54, 1.807) is 25.1 Å². The molecule has 1 aliphatic carbocycles. The summed E-state index contributed by atoms with van der Waals surface area (Å²) in [7, 11) is -3.41. The van der Waals surface area contributed by atoms with E-state index < -0.39 is 32.6 Å². The van der Waals surface area contributed by atoms with Gasteiger partial charge >= 0.3 is 0 Å². The zero-order valence-corrected chi connectivity index (χ0v) is 27.9. The van der Waals surface area contributed by atoms with Crippen LogP contribution in [0.3, 0.4) is 0 Å². The molecule has 0 saturated heterocycles. The van der Waals surface area contributed by atoms with E-state index in [4.69, 9.17) is 0 Å². The van der Waals surface area contributed by atoms with Crippen molar-refractivity contribution in [3.8, 4) is 11.1 Å². The average Bonchev–Trinajstić information content (AvgIpc) is 3.71. The van der Waals surface area contributed by atoms with Crippen molar-refractivity contribution in [2.75, 3.05) is 6.26 Å². The van der Waals surface area contributed by atoms with Crippen molar-refractivity contribution >= 4 is 9.84 Å². The second kappa shape index (κ2) is 17.2. The molecule has 0 heterocycles. The Morgan fingerprint density at radius 1 is 1.05 bits per heavy atom. The first-order chi connectivity index (χ1) is 19.3. The molecule has 1 N–H and O–H groups in total. The summed E-state index contributed by atoms with van der Waals surface area (Å²) in [4.78, 5) is 0. The number of hydrogen-bond acceptors (Lipinski definition) is 3. The van der Waals surface area contributed by atoms with Crippen LogP contribution in [0, 0.1) is 34.7 Å². The normalized spacial score (nSPS) is 16.9. The average molecular weight is 617 g/mol. The highest BCUT2D eigenvalue weighted by atomic mass is 32.2. The molecular weight excluding hydrogens is 564 g/mol. The van der Waals surface area contributed by atoms with Gasteiger partial charge in [-0.25, -0.2) is 26.0 Å². The molecule has 2 aromatic rings. The van der Waals surface area contributed by atoms with Crippen LogP contribution in [0.4, 0.5) is 17.6 Å². The fourth-order valence-corrected chi connectivity index (χ4v) is 4.39. The smallest absolute Gasteiger partial charge is 0.197 e. The van der Waals surface area contributed by atoms with Gasteiger partial charge in [0.1, 0.15) is 17.5 Å². The fourth-order valence-electron chi connectivity index (χ4n) is 4.39. The van der Waals surface area contributed by atoms with Gasteiger partial charge in [0, 0.05) is 17.9 Å². The fraction of sp³-hybridized carbons (Fsp3) is 0.588. The predicted octanol–water partition coefficient (Wildman–Crippen LogP) is 9.87.